The van der Waals surface area contributed by atoms with Crippen molar-refractivity contribution in [3.63, 3.8) is 0 Å². The molecule has 0 spiro atoms. The van der Waals surface area contributed by atoms with Crippen molar-refractivity contribution in [2.45, 2.75) is 13.8 Å². The van der Waals surface area contributed by atoms with E-state index in [0.717, 1.165) is 11.0 Å². The lowest BCUT2D eigenvalue weighted by Gasteiger charge is -2.27. The number of esters is 1. The van der Waals surface area contributed by atoms with Crippen LogP contribution in [0.4, 0.5) is 0 Å². The molecule has 0 saturated carbocycles. The Balaban J connectivity index is 0. The van der Waals surface area contributed by atoms with E-state index in [-0.39, 0.29) is 18.4 Å². The molecule has 90 valence electrons. The Hall–Kier alpha value is -0.540. The molecule has 0 N–H and O–H groups in total. The second-order valence-corrected chi connectivity index (χ2v) is 4.96. The van der Waals surface area contributed by atoms with Gasteiger partial charge in [0.25, 0.3) is 0 Å². The minimum Gasteiger partial charge on any atom is -1.00 e. The van der Waals surface area contributed by atoms with Crippen molar-refractivity contribution >= 4 is 5.97 Å². The zero-order valence-corrected chi connectivity index (χ0v) is 11.1. The van der Waals surface area contributed by atoms with Gasteiger partial charge in [0.1, 0.15) is 0 Å². The summed E-state index contributed by atoms with van der Waals surface area (Å²) in [5, 5.41) is 0. The first kappa shape index (κ1) is 16.9. The van der Waals surface area contributed by atoms with E-state index in [9.17, 15) is 4.79 Å². The SMILES string of the molecule is C=C(C)C(=O)OCC(C)C[N+](C)(C)C.[Cl-]. The number of carbonyl (C=O) groups excluding carboxylic acids is 1. The van der Waals surface area contributed by atoms with Crippen LogP contribution in [-0.2, 0) is 9.53 Å². The molecule has 15 heavy (non-hydrogen) atoms. The van der Waals surface area contributed by atoms with E-state index < -0.39 is 0 Å². The van der Waals surface area contributed by atoms with Crippen LogP contribution < -0.4 is 12.4 Å². The molecular weight excluding hydrogens is 214 g/mol. The normalized spacial score (nSPS) is 12.6. The maximum atomic E-state index is 11.1. The van der Waals surface area contributed by atoms with E-state index in [0.29, 0.717) is 18.1 Å². The fourth-order valence-electron chi connectivity index (χ4n) is 1.33. The van der Waals surface area contributed by atoms with E-state index >= 15 is 0 Å². The van der Waals surface area contributed by atoms with E-state index in [2.05, 4.69) is 34.6 Å². The Morgan fingerprint density at radius 2 is 1.87 bits per heavy atom. The highest BCUT2D eigenvalue weighted by atomic mass is 35.5. The average molecular weight is 236 g/mol. The molecule has 1 atom stereocenters. The predicted octanol–water partition coefficient (Wildman–Crippen LogP) is -1.55. The first-order valence-electron chi connectivity index (χ1n) is 4.85. The molecule has 0 aromatic carbocycles. The summed E-state index contributed by atoms with van der Waals surface area (Å²) in [6.07, 6.45) is 0. The number of hydrogen-bond donors (Lipinski definition) is 0. The zero-order chi connectivity index (χ0) is 11.4. The summed E-state index contributed by atoms with van der Waals surface area (Å²) in [6.45, 7) is 8.73. The first-order valence-corrected chi connectivity index (χ1v) is 4.85. The van der Waals surface area contributed by atoms with E-state index in [4.69, 9.17) is 4.74 Å². The minimum absolute atomic E-state index is 0. The van der Waals surface area contributed by atoms with Gasteiger partial charge in [0, 0.05) is 11.5 Å². The Morgan fingerprint density at radius 3 is 2.20 bits per heavy atom. The van der Waals surface area contributed by atoms with Crippen molar-refractivity contribution in [3.05, 3.63) is 12.2 Å². The van der Waals surface area contributed by atoms with Gasteiger partial charge in [0.05, 0.1) is 34.3 Å². The van der Waals surface area contributed by atoms with Crippen LogP contribution in [0.1, 0.15) is 13.8 Å². The molecule has 0 aromatic heterocycles. The number of quaternary nitrogens is 1. The van der Waals surface area contributed by atoms with Crippen molar-refractivity contribution in [2.75, 3.05) is 34.3 Å². The van der Waals surface area contributed by atoms with Gasteiger partial charge in [0.15, 0.2) is 0 Å². The predicted molar refractivity (Wildman–Crippen MR) is 57.8 cm³/mol. The molecule has 3 nitrogen and oxygen atoms in total. The maximum Gasteiger partial charge on any atom is 0.333 e. The van der Waals surface area contributed by atoms with Crippen molar-refractivity contribution in [3.8, 4) is 0 Å². The molecule has 0 amide bonds. The van der Waals surface area contributed by atoms with Crippen LogP contribution in [0, 0.1) is 5.92 Å². The summed E-state index contributed by atoms with van der Waals surface area (Å²) in [4.78, 5) is 11.1. The highest BCUT2D eigenvalue weighted by Crippen LogP contribution is 2.04. The molecule has 0 aromatic rings. The highest BCUT2D eigenvalue weighted by molar-refractivity contribution is 5.86. The van der Waals surface area contributed by atoms with Crippen LogP contribution in [-0.4, -0.2) is 44.7 Å². The van der Waals surface area contributed by atoms with Crippen molar-refractivity contribution in [2.24, 2.45) is 5.92 Å². The average Bonchev–Trinajstić information content (AvgIpc) is 1.96. The van der Waals surface area contributed by atoms with Gasteiger partial charge in [0.2, 0.25) is 0 Å². The lowest BCUT2D eigenvalue weighted by atomic mass is 10.2. The lowest BCUT2D eigenvalue weighted by Crippen LogP contribution is -3.00. The van der Waals surface area contributed by atoms with Gasteiger partial charge in [-0.05, 0) is 6.92 Å². The quantitative estimate of drug-likeness (QED) is 0.328. The van der Waals surface area contributed by atoms with Crippen molar-refractivity contribution in [1.82, 2.24) is 0 Å². The summed E-state index contributed by atoms with van der Waals surface area (Å²) < 4.78 is 5.94. The topological polar surface area (TPSA) is 26.3 Å². The Morgan fingerprint density at radius 1 is 1.40 bits per heavy atom. The standard InChI is InChI=1S/C11H22NO2.ClH/c1-9(2)11(13)14-8-10(3)7-12(4,5)6;/h10H,1,7-8H2,2-6H3;1H/q+1;/p-1. The lowest BCUT2D eigenvalue weighted by molar-refractivity contribution is -0.873. The number of ether oxygens (including phenoxy) is 1. The summed E-state index contributed by atoms with van der Waals surface area (Å²) >= 11 is 0. The molecule has 1 unspecified atom stereocenters. The summed E-state index contributed by atoms with van der Waals surface area (Å²) in [5.74, 6) is 0.0801. The third kappa shape index (κ3) is 9.76. The maximum absolute atomic E-state index is 11.1. The highest BCUT2D eigenvalue weighted by Gasteiger charge is 2.15. The molecule has 0 radical (unpaired) electrons. The van der Waals surface area contributed by atoms with E-state index in [1.807, 2.05) is 0 Å². The second kappa shape index (κ2) is 6.85. The molecule has 0 aliphatic rings. The van der Waals surface area contributed by atoms with Crippen LogP contribution in [0.15, 0.2) is 12.2 Å². The van der Waals surface area contributed by atoms with Gasteiger partial charge < -0.3 is 21.6 Å². The summed E-state index contributed by atoms with van der Waals surface area (Å²) in [5.41, 5.74) is 0.461. The fraction of sp³-hybridized carbons (Fsp3) is 0.727. The Bertz CT molecular complexity index is 221. The molecular formula is C11H22ClNO2. The van der Waals surface area contributed by atoms with Gasteiger partial charge in [-0.3, -0.25) is 0 Å². The second-order valence-electron chi connectivity index (χ2n) is 4.96. The number of nitrogens with zero attached hydrogens (tertiary/aromatic N) is 1. The van der Waals surface area contributed by atoms with Crippen LogP contribution in [0.25, 0.3) is 0 Å². The fourth-order valence-corrected chi connectivity index (χ4v) is 1.33. The van der Waals surface area contributed by atoms with Crippen molar-refractivity contribution < 1.29 is 26.4 Å². The van der Waals surface area contributed by atoms with Gasteiger partial charge in [-0.1, -0.05) is 13.5 Å². The first-order chi connectivity index (χ1) is 6.22. The van der Waals surface area contributed by atoms with Gasteiger partial charge in [-0.2, -0.15) is 0 Å². The van der Waals surface area contributed by atoms with Crippen molar-refractivity contribution in [1.29, 1.82) is 0 Å². The molecule has 0 fully saturated rings. The third-order valence-corrected chi connectivity index (χ3v) is 1.71. The van der Waals surface area contributed by atoms with Crippen LogP contribution in [0.5, 0.6) is 0 Å². The van der Waals surface area contributed by atoms with Crippen LogP contribution in [0.3, 0.4) is 0 Å². The van der Waals surface area contributed by atoms with E-state index in [1.54, 1.807) is 6.92 Å². The molecule has 0 bridgehead atoms. The van der Waals surface area contributed by atoms with Crippen LogP contribution >= 0.6 is 0 Å². The smallest absolute Gasteiger partial charge is 0.333 e. The molecule has 0 saturated heterocycles. The van der Waals surface area contributed by atoms with Gasteiger partial charge in [-0.25, -0.2) is 4.79 Å². The number of hydrogen-bond acceptors (Lipinski definition) is 2. The molecule has 0 aliphatic carbocycles. The monoisotopic (exact) mass is 235 g/mol. The summed E-state index contributed by atoms with van der Waals surface area (Å²) in [7, 11) is 6.37. The molecule has 0 aliphatic heterocycles. The van der Waals surface area contributed by atoms with Gasteiger partial charge in [-0.15, -0.1) is 0 Å². The Kier molecular flexibility index (Phi) is 7.71. The van der Waals surface area contributed by atoms with Crippen LogP contribution in [0.2, 0.25) is 0 Å². The molecule has 0 heterocycles. The van der Waals surface area contributed by atoms with E-state index in [1.165, 1.54) is 0 Å². The number of carbonyl (C=O) groups is 1. The number of rotatable bonds is 5. The zero-order valence-electron chi connectivity index (χ0n) is 10.3. The van der Waals surface area contributed by atoms with Gasteiger partial charge >= 0.3 is 5.97 Å². The molecule has 4 heteroatoms. The minimum atomic E-state index is -0.293. The number of halogens is 1. The largest absolute Gasteiger partial charge is 1.00 e. The summed E-state index contributed by atoms with van der Waals surface area (Å²) in [6, 6.07) is 0. The third-order valence-electron chi connectivity index (χ3n) is 1.71. The Labute approximate surface area is 99.1 Å². The molecule has 0 rings (SSSR count).